The molecule has 1 aliphatic rings. The minimum Gasteiger partial charge on any atom is -0.352 e. The first-order chi connectivity index (χ1) is 19.9. The van der Waals surface area contributed by atoms with Crippen molar-refractivity contribution in [2.75, 3.05) is 17.1 Å². The van der Waals surface area contributed by atoms with Gasteiger partial charge in [-0.2, -0.15) is 0 Å². The molecule has 0 spiro atoms. The molecule has 0 aromatic heterocycles. The highest BCUT2D eigenvalue weighted by molar-refractivity contribution is 7.92. The number of carbonyl (C=O) groups excluding carboxylic acids is 2. The van der Waals surface area contributed by atoms with Gasteiger partial charge in [-0.25, -0.2) is 8.42 Å². The summed E-state index contributed by atoms with van der Waals surface area (Å²) >= 11 is 24.8. The van der Waals surface area contributed by atoms with Crippen LogP contribution >= 0.6 is 46.4 Å². The van der Waals surface area contributed by atoms with Crippen molar-refractivity contribution in [2.45, 2.75) is 50.7 Å². The van der Waals surface area contributed by atoms with Crippen LogP contribution in [0.25, 0.3) is 0 Å². The molecule has 1 fully saturated rings. The average Bonchev–Trinajstić information content (AvgIpc) is 3.44. The van der Waals surface area contributed by atoms with Crippen LogP contribution in [0.15, 0.2) is 66.7 Å². The monoisotopic (exact) mass is 669 g/mol. The minimum absolute atomic E-state index is 0.0121. The first-order valence-electron chi connectivity index (χ1n) is 13.4. The SMILES string of the molecule is CS(=O)(=O)N(CC(=O)N(Cc1ccc(Cl)c(Cl)c1)[C@H](Cc1ccccc1)C(=O)NC1CCCC1)c1ccc(Cl)cc1Cl. The second-order valence-electron chi connectivity index (χ2n) is 10.3. The van der Waals surface area contributed by atoms with Gasteiger partial charge in [0.25, 0.3) is 0 Å². The summed E-state index contributed by atoms with van der Waals surface area (Å²) in [7, 11) is -3.97. The van der Waals surface area contributed by atoms with Gasteiger partial charge in [0.2, 0.25) is 21.8 Å². The Hall–Kier alpha value is -2.49. The van der Waals surface area contributed by atoms with E-state index in [1.165, 1.54) is 23.1 Å². The highest BCUT2D eigenvalue weighted by Gasteiger charge is 2.34. The average molecular weight is 671 g/mol. The number of nitrogens with one attached hydrogen (secondary N) is 1. The van der Waals surface area contributed by atoms with Crippen LogP contribution in [-0.2, 0) is 32.6 Å². The van der Waals surface area contributed by atoms with Crippen molar-refractivity contribution in [2.24, 2.45) is 0 Å². The fourth-order valence-electron chi connectivity index (χ4n) is 5.03. The molecule has 42 heavy (non-hydrogen) atoms. The molecule has 3 aromatic carbocycles. The number of carbonyl (C=O) groups is 2. The molecule has 0 heterocycles. The van der Waals surface area contributed by atoms with Crippen molar-refractivity contribution in [1.82, 2.24) is 10.2 Å². The zero-order valence-corrected chi connectivity index (χ0v) is 26.7. The van der Waals surface area contributed by atoms with Crippen LogP contribution in [-0.4, -0.2) is 50.0 Å². The number of nitrogens with zero attached hydrogens (tertiary/aromatic N) is 2. The Kier molecular flexibility index (Phi) is 11.1. The maximum absolute atomic E-state index is 14.2. The number of hydrogen-bond acceptors (Lipinski definition) is 4. The third-order valence-electron chi connectivity index (χ3n) is 7.17. The molecule has 0 aliphatic heterocycles. The van der Waals surface area contributed by atoms with Gasteiger partial charge in [0, 0.05) is 24.0 Å². The van der Waals surface area contributed by atoms with Gasteiger partial charge in [0.1, 0.15) is 12.6 Å². The van der Waals surface area contributed by atoms with Gasteiger partial charge < -0.3 is 10.2 Å². The van der Waals surface area contributed by atoms with Gasteiger partial charge in [0.05, 0.1) is 27.0 Å². The molecule has 1 N–H and O–H groups in total. The van der Waals surface area contributed by atoms with Crippen LogP contribution < -0.4 is 9.62 Å². The fraction of sp³-hybridized carbons (Fsp3) is 0.333. The standard InChI is InChI=1S/C30H31Cl4N3O4S/c1-42(40,41)37(27-14-12-22(31)17-26(27)34)19-29(38)36(18-21-11-13-24(32)25(33)15-21)28(16-20-7-3-2-4-8-20)30(39)35-23-9-5-6-10-23/h2-4,7-8,11-15,17,23,28H,5-6,9-10,16,18-19H2,1H3,(H,35,39)/t28-/m1/s1. The number of benzene rings is 3. The second kappa shape index (κ2) is 14.3. The summed E-state index contributed by atoms with van der Waals surface area (Å²) < 4.78 is 26.8. The van der Waals surface area contributed by atoms with Crippen LogP contribution in [0.2, 0.25) is 20.1 Å². The minimum atomic E-state index is -3.97. The third-order valence-corrected chi connectivity index (χ3v) is 9.57. The van der Waals surface area contributed by atoms with Crippen molar-refractivity contribution < 1.29 is 18.0 Å². The molecular weight excluding hydrogens is 640 g/mol. The van der Waals surface area contributed by atoms with E-state index in [9.17, 15) is 18.0 Å². The third kappa shape index (κ3) is 8.54. The van der Waals surface area contributed by atoms with E-state index in [1.807, 2.05) is 30.3 Å². The molecule has 0 radical (unpaired) electrons. The van der Waals surface area contributed by atoms with Gasteiger partial charge in [-0.05, 0) is 54.3 Å². The van der Waals surface area contributed by atoms with Gasteiger partial charge in [-0.15, -0.1) is 0 Å². The normalized spacial score (nSPS) is 14.4. The van der Waals surface area contributed by atoms with E-state index in [1.54, 1.807) is 18.2 Å². The van der Waals surface area contributed by atoms with E-state index in [0.29, 0.717) is 20.6 Å². The molecule has 12 heteroatoms. The fourth-order valence-corrected chi connectivity index (χ4v) is 6.78. The summed E-state index contributed by atoms with van der Waals surface area (Å²) in [6.07, 6.45) is 4.97. The molecule has 3 aromatic rings. The Bertz CT molecular complexity index is 1530. The Labute approximate surface area is 266 Å². The summed E-state index contributed by atoms with van der Waals surface area (Å²) in [5, 5.41) is 4.15. The Morgan fingerprint density at radius 3 is 2.19 bits per heavy atom. The van der Waals surface area contributed by atoms with E-state index in [4.69, 9.17) is 46.4 Å². The smallest absolute Gasteiger partial charge is 0.244 e. The molecule has 2 amide bonds. The lowest BCUT2D eigenvalue weighted by atomic mass is 10.0. The first kappa shape index (κ1) is 32.4. The number of sulfonamides is 1. The first-order valence-corrected chi connectivity index (χ1v) is 16.8. The van der Waals surface area contributed by atoms with Crippen molar-refractivity contribution in [3.8, 4) is 0 Å². The van der Waals surface area contributed by atoms with Crippen molar-refractivity contribution in [3.63, 3.8) is 0 Å². The lowest BCUT2D eigenvalue weighted by Crippen LogP contribution is -2.54. The molecule has 1 saturated carbocycles. The summed E-state index contributed by atoms with van der Waals surface area (Å²) in [5.74, 6) is -0.908. The van der Waals surface area contributed by atoms with Crippen LogP contribution in [0.5, 0.6) is 0 Å². The van der Waals surface area contributed by atoms with Gasteiger partial charge >= 0.3 is 0 Å². The molecule has 0 saturated heterocycles. The topological polar surface area (TPSA) is 86.8 Å². The highest BCUT2D eigenvalue weighted by Crippen LogP contribution is 2.31. The Morgan fingerprint density at radius 1 is 0.881 bits per heavy atom. The van der Waals surface area contributed by atoms with E-state index in [2.05, 4.69) is 5.32 Å². The lowest BCUT2D eigenvalue weighted by Gasteiger charge is -2.34. The molecular formula is C30H31Cl4N3O4S. The molecule has 1 aliphatic carbocycles. The lowest BCUT2D eigenvalue weighted by molar-refractivity contribution is -0.140. The van der Waals surface area contributed by atoms with Crippen molar-refractivity contribution >= 4 is 73.9 Å². The number of anilines is 1. The van der Waals surface area contributed by atoms with E-state index in [0.717, 1.165) is 41.8 Å². The molecule has 224 valence electrons. The van der Waals surface area contributed by atoms with E-state index in [-0.39, 0.29) is 35.6 Å². The predicted octanol–water partition coefficient (Wildman–Crippen LogP) is 6.77. The second-order valence-corrected chi connectivity index (χ2v) is 13.9. The molecule has 4 rings (SSSR count). The molecule has 0 bridgehead atoms. The van der Waals surface area contributed by atoms with E-state index >= 15 is 0 Å². The van der Waals surface area contributed by atoms with Crippen LogP contribution in [0.1, 0.15) is 36.8 Å². The van der Waals surface area contributed by atoms with Gasteiger partial charge in [-0.1, -0.05) is 95.6 Å². The van der Waals surface area contributed by atoms with Crippen molar-refractivity contribution in [3.05, 3.63) is 97.9 Å². The van der Waals surface area contributed by atoms with Crippen LogP contribution in [0.3, 0.4) is 0 Å². The summed E-state index contributed by atoms with van der Waals surface area (Å²) in [5.41, 5.74) is 1.57. The van der Waals surface area contributed by atoms with Gasteiger partial charge in [0.15, 0.2) is 0 Å². The maximum Gasteiger partial charge on any atom is 0.244 e. The largest absolute Gasteiger partial charge is 0.352 e. The van der Waals surface area contributed by atoms with Gasteiger partial charge in [-0.3, -0.25) is 13.9 Å². The van der Waals surface area contributed by atoms with Crippen molar-refractivity contribution in [1.29, 1.82) is 0 Å². The number of hydrogen-bond donors (Lipinski definition) is 1. The zero-order chi connectivity index (χ0) is 30.4. The molecule has 7 nitrogen and oxygen atoms in total. The number of halogens is 4. The maximum atomic E-state index is 14.2. The van der Waals surface area contributed by atoms with E-state index < -0.39 is 28.5 Å². The Morgan fingerprint density at radius 2 is 1.57 bits per heavy atom. The summed E-state index contributed by atoms with van der Waals surface area (Å²) in [4.78, 5) is 29.5. The zero-order valence-electron chi connectivity index (χ0n) is 22.9. The predicted molar refractivity (Wildman–Crippen MR) is 170 cm³/mol. The van der Waals surface area contributed by atoms with Crippen LogP contribution in [0.4, 0.5) is 5.69 Å². The summed E-state index contributed by atoms with van der Waals surface area (Å²) in [6.45, 7) is -0.610. The van der Waals surface area contributed by atoms with Crippen LogP contribution in [0, 0.1) is 0 Å². The highest BCUT2D eigenvalue weighted by atomic mass is 35.5. The number of amides is 2. The quantitative estimate of drug-likeness (QED) is 0.244. The molecule has 1 atom stereocenters. The Balaban J connectivity index is 1.75. The number of rotatable bonds is 11. The summed E-state index contributed by atoms with van der Waals surface area (Å²) in [6, 6.07) is 17.7. The molecule has 0 unspecified atom stereocenters.